The Morgan fingerprint density at radius 2 is 1.67 bits per heavy atom. The van der Waals surface area contributed by atoms with Crippen LogP contribution >= 0.6 is 0 Å². The third-order valence-electron chi connectivity index (χ3n) is 4.61. The van der Waals surface area contributed by atoms with E-state index in [9.17, 15) is 8.78 Å². The van der Waals surface area contributed by atoms with Crippen LogP contribution in [0.3, 0.4) is 0 Å². The van der Waals surface area contributed by atoms with Crippen molar-refractivity contribution in [2.75, 3.05) is 6.54 Å². The van der Waals surface area contributed by atoms with E-state index in [1.54, 1.807) is 12.1 Å². The summed E-state index contributed by atoms with van der Waals surface area (Å²) in [7, 11) is 0. The van der Waals surface area contributed by atoms with E-state index in [0.717, 1.165) is 41.9 Å². The third kappa shape index (κ3) is 2.83. The Morgan fingerprint density at radius 1 is 1.00 bits per heavy atom. The molecule has 24 heavy (non-hydrogen) atoms. The molecule has 0 aliphatic carbocycles. The number of hydrogen-bond donors (Lipinski definition) is 1. The van der Waals surface area contributed by atoms with E-state index in [4.69, 9.17) is 0 Å². The van der Waals surface area contributed by atoms with Gasteiger partial charge in [-0.25, -0.2) is 8.78 Å². The van der Waals surface area contributed by atoms with Crippen LogP contribution in [0.2, 0.25) is 0 Å². The van der Waals surface area contributed by atoms with Gasteiger partial charge in [-0.2, -0.15) is 5.10 Å². The van der Waals surface area contributed by atoms with Gasteiger partial charge in [-0.15, -0.1) is 0 Å². The summed E-state index contributed by atoms with van der Waals surface area (Å²) in [5.41, 5.74) is 4.05. The van der Waals surface area contributed by atoms with E-state index in [0.29, 0.717) is 6.04 Å². The third-order valence-corrected chi connectivity index (χ3v) is 4.61. The maximum absolute atomic E-state index is 13.1. The zero-order valence-corrected chi connectivity index (χ0v) is 13.0. The fourth-order valence-corrected chi connectivity index (χ4v) is 3.21. The van der Waals surface area contributed by atoms with Crippen molar-refractivity contribution in [2.45, 2.75) is 19.0 Å². The predicted octanol–water partition coefficient (Wildman–Crippen LogP) is 4.30. The second-order valence-electron chi connectivity index (χ2n) is 6.10. The molecule has 0 unspecified atom stereocenters. The fraction of sp³-hybridized carbons (Fsp3) is 0.211. The highest BCUT2D eigenvalue weighted by molar-refractivity contribution is 5.62. The number of aromatic nitrogens is 2. The number of benzene rings is 2. The summed E-state index contributed by atoms with van der Waals surface area (Å²) >= 11 is 0. The van der Waals surface area contributed by atoms with Crippen molar-refractivity contribution in [3.63, 3.8) is 0 Å². The topological polar surface area (TPSA) is 31.9 Å². The van der Waals surface area contributed by atoms with Gasteiger partial charge in [0.05, 0.1) is 11.9 Å². The van der Waals surface area contributed by atoms with Crippen LogP contribution < -0.4 is 0 Å². The summed E-state index contributed by atoms with van der Waals surface area (Å²) in [4.78, 5) is 2.34. The van der Waals surface area contributed by atoms with Crippen molar-refractivity contribution < 1.29 is 8.78 Å². The lowest BCUT2D eigenvalue weighted by atomic mass is 9.93. The summed E-state index contributed by atoms with van der Waals surface area (Å²) in [6, 6.07) is 13.4. The Bertz CT molecular complexity index is 825. The lowest BCUT2D eigenvalue weighted by molar-refractivity contribution is 0.0820. The number of aromatic amines is 1. The van der Waals surface area contributed by atoms with Crippen molar-refractivity contribution in [3.05, 3.63) is 77.5 Å². The van der Waals surface area contributed by atoms with Crippen LogP contribution in [0.1, 0.15) is 23.6 Å². The molecule has 0 spiro atoms. The first-order valence-corrected chi connectivity index (χ1v) is 7.98. The molecule has 0 saturated carbocycles. The molecule has 1 atom stereocenters. The molecule has 1 saturated heterocycles. The van der Waals surface area contributed by atoms with E-state index in [2.05, 4.69) is 15.1 Å². The van der Waals surface area contributed by atoms with Gasteiger partial charge in [-0.05, 0) is 48.4 Å². The van der Waals surface area contributed by atoms with Crippen molar-refractivity contribution in [2.24, 2.45) is 0 Å². The van der Waals surface area contributed by atoms with Gasteiger partial charge < -0.3 is 0 Å². The summed E-state index contributed by atoms with van der Waals surface area (Å²) < 4.78 is 26.2. The van der Waals surface area contributed by atoms with Gasteiger partial charge in [-0.1, -0.05) is 12.1 Å². The Labute approximate surface area is 138 Å². The molecule has 0 radical (unpaired) electrons. The Kier molecular flexibility index (Phi) is 3.86. The molecule has 1 aliphatic rings. The molecule has 3 nitrogen and oxygen atoms in total. The van der Waals surface area contributed by atoms with Crippen LogP contribution in [0.5, 0.6) is 0 Å². The van der Waals surface area contributed by atoms with Gasteiger partial charge in [0.1, 0.15) is 11.6 Å². The lowest BCUT2D eigenvalue weighted by Crippen LogP contribution is -2.40. The minimum absolute atomic E-state index is 0.210. The first kappa shape index (κ1) is 15.0. The first-order valence-electron chi connectivity index (χ1n) is 7.98. The average Bonchev–Trinajstić information content (AvgIpc) is 3.03. The van der Waals surface area contributed by atoms with Crippen LogP contribution in [-0.2, 0) is 6.54 Å². The highest BCUT2D eigenvalue weighted by atomic mass is 19.1. The van der Waals surface area contributed by atoms with E-state index in [-0.39, 0.29) is 11.6 Å². The molecule has 1 aliphatic heterocycles. The molecule has 1 fully saturated rings. The molecule has 4 rings (SSSR count). The van der Waals surface area contributed by atoms with Crippen LogP contribution in [0.15, 0.2) is 54.7 Å². The smallest absolute Gasteiger partial charge is 0.123 e. The molecular formula is C19H17F2N3. The fourth-order valence-electron chi connectivity index (χ4n) is 3.21. The minimum atomic E-state index is -0.251. The SMILES string of the molecule is Fc1ccc(-c2[nH]ncc2CN2CC[C@H]2c2ccc(F)cc2)cc1. The molecule has 1 N–H and O–H groups in total. The Balaban J connectivity index is 1.53. The van der Waals surface area contributed by atoms with Crippen molar-refractivity contribution in [1.82, 2.24) is 15.1 Å². The molecule has 0 bridgehead atoms. The van der Waals surface area contributed by atoms with E-state index >= 15 is 0 Å². The normalized spacial score (nSPS) is 17.7. The Morgan fingerprint density at radius 3 is 2.29 bits per heavy atom. The lowest BCUT2D eigenvalue weighted by Gasteiger charge is -2.41. The summed E-state index contributed by atoms with van der Waals surface area (Å²) in [5.74, 6) is -0.461. The van der Waals surface area contributed by atoms with E-state index in [1.165, 1.54) is 24.3 Å². The number of hydrogen-bond acceptors (Lipinski definition) is 2. The summed E-state index contributed by atoms with van der Waals surface area (Å²) in [5, 5.41) is 7.16. The molecule has 3 aromatic rings. The van der Waals surface area contributed by atoms with Crippen LogP contribution in [0.4, 0.5) is 8.78 Å². The standard InChI is InChI=1S/C19H17F2N3/c20-16-5-1-13(2-6-16)18-9-10-24(18)12-15-11-22-23-19(15)14-3-7-17(21)8-4-14/h1-8,11,18H,9-10,12H2,(H,22,23)/t18-/m0/s1. The highest BCUT2D eigenvalue weighted by Gasteiger charge is 2.30. The number of nitrogens with one attached hydrogen (secondary N) is 1. The predicted molar refractivity (Wildman–Crippen MR) is 88.1 cm³/mol. The molecule has 122 valence electrons. The number of likely N-dealkylation sites (tertiary alicyclic amines) is 1. The quantitative estimate of drug-likeness (QED) is 0.775. The van der Waals surface area contributed by atoms with Gasteiger partial charge in [0, 0.05) is 30.3 Å². The van der Waals surface area contributed by atoms with Crippen LogP contribution in [0.25, 0.3) is 11.3 Å². The number of H-pyrrole nitrogens is 1. The van der Waals surface area contributed by atoms with Gasteiger partial charge >= 0.3 is 0 Å². The molecule has 0 amide bonds. The van der Waals surface area contributed by atoms with Crippen molar-refractivity contribution in [3.8, 4) is 11.3 Å². The van der Waals surface area contributed by atoms with Crippen LogP contribution in [0, 0.1) is 11.6 Å². The molecule has 2 heterocycles. The Hall–Kier alpha value is -2.53. The number of nitrogens with zero attached hydrogens (tertiary/aromatic N) is 2. The zero-order valence-electron chi connectivity index (χ0n) is 13.0. The van der Waals surface area contributed by atoms with Gasteiger partial charge in [-0.3, -0.25) is 10.00 Å². The number of halogens is 2. The van der Waals surface area contributed by atoms with Crippen molar-refractivity contribution >= 4 is 0 Å². The largest absolute Gasteiger partial charge is 0.292 e. The van der Waals surface area contributed by atoms with Gasteiger partial charge in [0.2, 0.25) is 0 Å². The van der Waals surface area contributed by atoms with Gasteiger partial charge in [0.15, 0.2) is 0 Å². The monoisotopic (exact) mass is 325 g/mol. The second-order valence-corrected chi connectivity index (χ2v) is 6.10. The van der Waals surface area contributed by atoms with E-state index < -0.39 is 0 Å². The molecule has 1 aromatic heterocycles. The highest BCUT2D eigenvalue weighted by Crippen LogP contribution is 2.35. The first-order chi connectivity index (χ1) is 11.7. The van der Waals surface area contributed by atoms with E-state index in [1.807, 2.05) is 18.3 Å². The summed E-state index contributed by atoms with van der Waals surface area (Å²) in [6.45, 7) is 1.75. The van der Waals surface area contributed by atoms with Crippen molar-refractivity contribution in [1.29, 1.82) is 0 Å². The maximum Gasteiger partial charge on any atom is 0.123 e. The zero-order chi connectivity index (χ0) is 16.5. The molecular weight excluding hydrogens is 308 g/mol. The van der Waals surface area contributed by atoms with Gasteiger partial charge in [0.25, 0.3) is 0 Å². The molecule has 5 heteroatoms. The van der Waals surface area contributed by atoms with Crippen LogP contribution in [-0.4, -0.2) is 21.6 Å². The average molecular weight is 325 g/mol. The second kappa shape index (κ2) is 6.17. The maximum atomic E-state index is 13.1. The number of rotatable bonds is 4. The summed E-state index contributed by atoms with van der Waals surface area (Å²) in [6.07, 6.45) is 2.88. The minimum Gasteiger partial charge on any atom is -0.292 e. The molecule has 2 aromatic carbocycles.